The van der Waals surface area contributed by atoms with E-state index in [0.717, 1.165) is 5.56 Å². The second-order valence-corrected chi connectivity index (χ2v) is 7.16. The third-order valence-corrected chi connectivity index (χ3v) is 4.92. The van der Waals surface area contributed by atoms with Crippen LogP contribution in [0.5, 0.6) is 5.75 Å². The number of hydrogen-bond acceptors (Lipinski definition) is 7. The van der Waals surface area contributed by atoms with Crippen LogP contribution in [-0.2, 0) is 14.9 Å². The van der Waals surface area contributed by atoms with E-state index in [1.807, 2.05) is 6.92 Å². The fourth-order valence-electron chi connectivity index (χ4n) is 2.32. The standard InChI is InChI=1S/C18H17N3O5S/c1-3-25-18(22)17-16(19-21-20-17)13-6-8-14(9-7-13)26-27(23,24)15-10-4-12(2)5-11-15/h4-11H,3H2,1-2H3,(H,19,20,21). The quantitative estimate of drug-likeness (QED) is 0.511. The van der Waals surface area contributed by atoms with Gasteiger partial charge in [0.15, 0.2) is 5.69 Å². The zero-order valence-electron chi connectivity index (χ0n) is 14.7. The lowest BCUT2D eigenvalue weighted by Gasteiger charge is -2.08. The first-order valence-electron chi connectivity index (χ1n) is 8.10. The maximum absolute atomic E-state index is 12.3. The Balaban J connectivity index is 1.81. The molecule has 0 amide bonds. The zero-order valence-corrected chi connectivity index (χ0v) is 15.5. The predicted molar refractivity (Wildman–Crippen MR) is 96.8 cm³/mol. The van der Waals surface area contributed by atoms with Gasteiger partial charge in [0.25, 0.3) is 0 Å². The van der Waals surface area contributed by atoms with E-state index in [1.54, 1.807) is 31.2 Å². The van der Waals surface area contributed by atoms with Crippen LogP contribution in [0.4, 0.5) is 0 Å². The van der Waals surface area contributed by atoms with E-state index < -0.39 is 16.1 Å². The number of rotatable bonds is 6. The van der Waals surface area contributed by atoms with Gasteiger partial charge in [-0.1, -0.05) is 17.7 Å². The summed E-state index contributed by atoms with van der Waals surface area (Å²) in [6.07, 6.45) is 0. The van der Waals surface area contributed by atoms with Crippen LogP contribution in [0.25, 0.3) is 11.3 Å². The number of aromatic amines is 1. The van der Waals surface area contributed by atoms with Gasteiger partial charge in [0.05, 0.1) is 6.61 Å². The molecule has 3 aromatic rings. The summed E-state index contributed by atoms with van der Waals surface area (Å²) in [5, 5.41) is 10.1. The van der Waals surface area contributed by atoms with Gasteiger partial charge in [-0.05, 0) is 50.2 Å². The summed E-state index contributed by atoms with van der Waals surface area (Å²) in [6, 6.07) is 12.5. The Morgan fingerprint density at radius 2 is 1.70 bits per heavy atom. The summed E-state index contributed by atoms with van der Waals surface area (Å²) in [5.41, 5.74) is 1.87. The number of carbonyl (C=O) groups is 1. The van der Waals surface area contributed by atoms with Crippen LogP contribution in [0.3, 0.4) is 0 Å². The number of ether oxygens (including phenoxy) is 1. The fourth-order valence-corrected chi connectivity index (χ4v) is 3.25. The molecule has 8 nitrogen and oxygen atoms in total. The predicted octanol–water partition coefficient (Wildman–Crippen LogP) is 2.72. The van der Waals surface area contributed by atoms with Crippen LogP contribution in [0.2, 0.25) is 0 Å². The highest BCUT2D eigenvalue weighted by atomic mass is 32.2. The maximum Gasteiger partial charge on any atom is 0.361 e. The number of aryl methyl sites for hydroxylation is 1. The van der Waals surface area contributed by atoms with E-state index in [2.05, 4.69) is 15.4 Å². The molecule has 0 bridgehead atoms. The van der Waals surface area contributed by atoms with E-state index in [1.165, 1.54) is 24.3 Å². The largest absolute Gasteiger partial charge is 0.461 e. The second kappa shape index (κ2) is 7.58. The molecule has 2 aromatic carbocycles. The molecule has 0 aliphatic heterocycles. The average molecular weight is 387 g/mol. The lowest BCUT2D eigenvalue weighted by Crippen LogP contribution is -2.09. The van der Waals surface area contributed by atoms with Crippen LogP contribution in [0.15, 0.2) is 53.4 Å². The number of hydrogen-bond donors (Lipinski definition) is 1. The zero-order chi connectivity index (χ0) is 19.4. The minimum absolute atomic E-state index is 0.0535. The molecule has 0 aliphatic rings. The van der Waals surface area contributed by atoms with E-state index in [0.29, 0.717) is 11.3 Å². The monoisotopic (exact) mass is 387 g/mol. The minimum Gasteiger partial charge on any atom is -0.461 e. The summed E-state index contributed by atoms with van der Waals surface area (Å²) in [4.78, 5) is 12.0. The SMILES string of the molecule is CCOC(=O)c1n[nH]nc1-c1ccc(OS(=O)(=O)c2ccc(C)cc2)cc1. The van der Waals surface area contributed by atoms with Gasteiger partial charge in [-0.3, -0.25) is 0 Å². The first-order valence-corrected chi connectivity index (χ1v) is 9.51. The first-order chi connectivity index (χ1) is 12.9. The molecular formula is C18H17N3O5S. The number of nitrogens with zero attached hydrogens (tertiary/aromatic N) is 2. The molecule has 3 rings (SSSR count). The molecule has 0 saturated heterocycles. The van der Waals surface area contributed by atoms with Crippen LogP contribution in [0.1, 0.15) is 23.0 Å². The average Bonchev–Trinajstić information content (AvgIpc) is 3.12. The van der Waals surface area contributed by atoms with E-state index >= 15 is 0 Å². The van der Waals surface area contributed by atoms with Crippen LogP contribution in [0, 0.1) is 6.92 Å². The Bertz CT molecular complexity index is 1040. The molecule has 0 atom stereocenters. The summed E-state index contributed by atoms with van der Waals surface area (Å²) < 4.78 is 34.7. The molecule has 1 heterocycles. The van der Waals surface area contributed by atoms with Gasteiger partial charge in [0.1, 0.15) is 16.3 Å². The highest BCUT2D eigenvalue weighted by Crippen LogP contribution is 2.25. The van der Waals surface area contributed by atoms with Crippen molar-refractivity contribution in [2.24, 2.45) is 0 Å². The number of benzene rings is 2. The van der Waals surface area contributed by atoms with Gasteiger partial charge in [-0.25, -0.2) is 4.79 Å². The molecule has 0 radical (unpaired) electrons. The van der Waals surface area contributed by atoms with E-state index in [9.17, 15) is 13.2 Å². The van der Waals surface area contributed by atoms with Crippen molar-refractivity contribution in [2.75, 3.05) is 6.61 Å². The van der Waals surface area contributed by atoms with Gasteiger partial charge in [0.2, 0.25) is 0 Å². The Morgan fingerprint density at radius 3 is 2.33 bits per heavy atom. The van der Waals surface area contributed by atoms with Crippen molar-refractivity contribution in [1.29, 1.82) is 0 Å². The lowest BCUT2D eigenvalue weighted by atomic mass is 10.1. The molecule has 0 aliphatic carbocycles. The Morgan fingerprint density at radius 1 is 1.04 bits per heavy atom. The Kier molecular flexibility index (Phi) is 5.22. The molecule has 140 valence electrons. The Hall–Kier alpha value is -3.20. The molecule has 1 N–H and O–H groups in total. The smallest absolute Gasteiger partial charge is 0.361 e. The lowest BCUT2D eigenvalue weighted by molar-refractivity contribution is 0.0520. The van der Waals surface area contributed by atoms with Crippen molar-refractivity contribution >= 4 is 16.1 Å². The second-order valence-electron chi connectivity index (χ2n) is 5.62. The number of aromatic nitrogens is 3. The van der Waals surface area contributed by atoms with Gasteiger partial charge in [-0.2, -0.15) is 18.7 Å². The number of esters is 1. The molecule has 0 unspecified atom stereocenters. The number of H-pyrrole nitrogens is 1. The summed E-state index contributed by atoms with van der Waals surface area (Å²) in [5.74, 6) is -0.455. The molecule has 1 aromatic heterocycles. The third kappa shape index (κ3) is 4.14. The van der Waals surface area contributed by atoms with Crippen molar-refractivity contribution in [1.82, 2.24) is 15.4 Å². The fraction of sp³-hybridized carbons (Fsp3) is 0.167. The van der Waals surface area contributed by atoms with Crippen molar-refractivity contribution < 1.29 is 22.1 Å². The van der Waals surface area contributed by atoms with Gasteiger partial charge >= 0.3 is 16.1 Å². The summed E-state index contributed by atoms with van der Waals surface area (Å²) >= 11 is 0. The molecule has 9 heteroatoms. The summed E-state index contributed by atoms with van der Waals surface area (Å²) in [7, 11) is -3.93. The van der Waals surface area contributed by atoms with Gasteiger partial charge in [-0.15, -0.1) is 5.10 Å². The number of carbonyl (C=O) groups excluding carboxylic acids is 1. The van der Waals surface area contributed by atoms with Crippen molar-refractivity contribution in [3.8, 4) is 17.0 Å². The molecule has 0 fully saturated rings. The number of nitrogens with one attached hydrogen (secondary N) is 1. The first kappa shape index (κ1) is 18.6. The van der Waals surface area contributed by atoms with Crippen molar-refractivity contribution in [3.05, 3.63) is 59.8 Å². The van der Waals surface area contributed by atoms with E-state index in [-0.39, 0.29) is 22.9 Å². The van der Waals surface area contributed by atoms with Gasteiger partial charge < -0.3 is 8.92 Å². The summed E-state index contributed by atoms with van der Waals surface area (Å²) in [6.45, 7) is 3.78. The van der Waals surface area contributed by atoms with Gasteiger partial charge in [0, 0.05) is 5.56 Å². The Labute approximate surface area is 156 Å². The van der Waals surface area contributed by atoms with Crippen LogP contribution >= 0.6 is 0 Å². The van der Waals surface area contributed by atoms with E-state index in [4.69, 9.17) is 8.92 Å². The molecule has 0 saturated carbocycles. The highest BCUT2D eigenvalue weighted by Gasteiger charge is 2.20. The normalized spacial score (nSPS) is 11.2. The molecule has 27 heavy (non-hydrogen) atoms. The molecule has 0 spiro atoms. The molecular weight excluding hydrogens is 370 g/mol. The third-order valence-electron chi connectivity index (χ3n) is 3.66. The van der Waals surface area contributed by atoms with Crippen molar-refractivity contribution in [2.45, 2.75) is 18.7 Å². The van der Waals surface area contributed by atoms with Crippen LogP contribution < -0.4 is 4.18 Å². The van der Waals surface area contributed by atoms with Crippen molar-refractivity contribution in [3.63, 3.8) is 0 Å². The minimum atomic E-state index is -3.93. The topological polar surface area (TPSA) is 111 Å². The maximum atomic E-state index is 12.3. The van der Waals surface area contributed by atoms with Crippen LogP contribution in [-0.4, -0.2) is 36.4 Å². The highest BCUT2D eigenvalue weighted by molar-refractivity contribution is 7.87.